The van der Waals surface area contributed by atoms with Crippen molar-refractivity contribution in [3.63, 3.8) is 0 Å². The van der Waals surface area contributed by atoms with Gasteiger partial charge in [-0.2, -0.15) is 0 Å². The first-order valence-electron chi connectivity index (χ1n) is 11.9. The Hall–Kier alpha value is -1.89. The van der Waals surface area contributed by atoms with E-state index in [1.165, 1.54) is 0 Å². The Labute approximate surface area is 218 Å². The zero-order valence-corrected chi connectivity index (χ0v) is 21.7. The number of nitrogens with zero attached hydrogens (tertiary/aromatic N) is 2. The van der Waals surface area contributed by atoms with Gasteiger partial charge in [0, 0.05) is 32.9 Å². The Kier molecular flexibility index (Phi) is 20.5. The third-order valence-corrected chi connectivity index (χ3v) is 5.32. The van der Waals surface area contributed by atoms with E-state index in [4.69, 9.17) is 18.7 Å². The van der Waals surface area contributed by atoms with E-state index in [-0.39, 0.29) is 39.2 Å². The van der Waals surface area contributed by atoms with Gasteiger partial charge in [-0.3, -0.25) is 14.4 Å². The molecule has 2 unspecified atom stereocenters. The summed E-state index contributed by atoms with van der Waals surface area (Å²) in [7, 11) is 6.84. The first-order valence-corrected chi connectivity index (χ1v) is 12.0. The monoisotopic (exact) mass is 515 g/mol. The first kappa shape index (κ1) is 35.3. The summed E-state index contributed by atoms with van der Waals surface area (Å²) in [6, 6.07) is -0.500. The van der Waals surface area contributed by atoms with Gasteiger partial charge in [-0.15, -0.1) is 9.24 Å². The minimum Gasteiger partial charge on any atom is -0.463 e. The molecule has 35 heavy (non-hydrogen) atoms. The molecule has 0 spiro atoms. The van der Waals surface area contributed by atoms with E-state index in [9.17, 15) is 19.2 Å². The molecule has 2 heterocycles. The number of hydrogen-bond donors (Lipinski definition) is 0. The quantitative estimate of drug-likeness (QED) is 0.202. The van der Waals surface area contributed by atoms with Crippen LogP contribution >= 0.6 is 9.24 Å². The summed E-state index contributed by atoms with van der Waals surface area (Å²) in [5.74, 6) is -0.250. The lowest BCUT2D eigenvalue weighted by atomic mass is 9.91. The molecule has 0 aliphatic carbocycles. The summed E-state index contributed by atoms with van der Waals surface area (Å²) in [6.07, 6.45) is 3.85. The predicted octanol–water partition coefficient (Wildman–Crippen LogP) is 3.58. The van der Waals surface area contributed by atoms with Crippen LogP contribution in [0.3, 0.4) is 0 Å². The number of rotatable bonds is 9. The molecule has 2 radical (unpaired) electrons. The van der Waals surface area contributed by atoms with Gasteiger partial charge in [0.1, 0.15) is 13.2 Å². The second-order valence-electron chi connectivity index (χ2n) is 8.45. The molecule has 0 aromatic rings. The highest BCUT2D eigenvalue weighted by molar-refractivity contribution is 7.19. The van der Waals surface area contributed by atoms with Crippen LogP contribution in [0.5, 0.6) is 0 Å². The number of amides is 2. The Balaban J connectivity index is -0.000000505. The van der Waals surface area contributed by atoms with Crippen molar-refractivity contribution in [3.8, 4) is 0 Å². The van der Waals surface area contributed by atoms with Gasteiger partial charge in [0.15, 0.2) is 0 Å². The van der Waals surface area contributed by atoms with E-state index < -0.39 is 17.4 Å². The van der Waals surface area contributed by atoms with Crippen LogP contribution in [0.15, 0.2) is 12.2 Å². The molecule has 0 N–H and O–H groups in total. The summed E-state index contributed by atoms with van der Waals surface area (Å²) < 4.78 is 16.4. The number of likely N-dealkylation sites (tertiary alicyclic amines) is 2. The van der Waals surface area contributed by atoms with Crippen molar-refractivity contribution in [1.29, 1.82) is 0 Å². The van der Waals surface area contributed by atoms with Crippen molar-refractivity contribution < 1.29 is 30.0 Å². The van der Waals surface area contributed by atoms with Crippen molar-refractivity contribution in [2.75, 3.05) is 45.4 Å². The van der Waals surface area contributed by atoms with E-state index in [2.05, 4.69) is 15.8 Å². The lowest BCUT2D eigenvalue weighted by Crippen LogP contribution is -2.32. The van der Waals surface area contributed by atoms with Crippen molar-refractivity contribution in [3.05, 3.63) is 12.2 Å². The van der Waals surface area contributed by atoms with Crippen molar-refractivity contribution >= 4 is 40.8 Å². The van der Waals surface area contributed by atoms with Crippen LogP contribution in [0.1, 0.15) is 76.0 Å². The van der Waals surface area contributed by atoms with Crippen molar-refractivity contribution in [1.82, 2.24) is 9.80 Å². The topological polar surface area (TPSA) is 93.2 Å². The smallest absolute Gasteiger partial charge is 0.333 e. The largest absolute Gasteiger partial charge is 0.463 e. The lowest BCUT2D eigenvalue weighted by Gasteiger charge is -2.21. The third-order valence-electron chi connectivity index (χ3n) is 5.32. The van der Waals surface area contributed by atoms with Crippen LogP contribution in [0, 0.1) is 5.41 Å². The molecule has 2 aliphatic rings. The van der Waals surface area contributed by atoms with E-state index in [0.717, 1.165) is 32.4 Å². The highest BCUT2D eigenvalue weighted by Gasteiger charge is 2.27. The van der Waals surface area contributed by atoms with Gasteiger partial charge < -0.3 is 19.3 Å². The van der Waals surface area contributed by atoms with Crippen molar-refractivity contribution in [2.24, 2.45) is 5.41 Å². The minimum absolute atomic E-state index is 0. The maximum Gasteiger partial charge on any atom is 0.333 e. The standard InChI is InChI=1S/C12H21NO3.C10H15NO3.CH4BP.2CH4/c1-4-12(2,3)11(15)16-9-8-13-7-5-6-10(13)14;1-8(2)10(13)14-7-6-11-5-3-4-9(11)12;2-1-3;;/h4-9H2,1-3H3;1,3-7H2,2H3;1,3H2;2*1H4/i;;1D;;. The van der Waals surface area contributed by atoms with Crippen LogP contribution in [-0.2, 0) is 28.7 Å². The van der Waals surface area contributed by atoms with Crippen LogP contribution in [0.2, 0.25) is 0 Å². The number of ether oxygens (including phenoxy) is 2. The van der Waals surface area contributed by atoms with Gasteiger partial charge >= 0.3 is 11.9 Å². The summed E-state index contributed by atoms with van der Waals surface area (Å²) in [5, 5.41) is 0. The SMILES string of the molecule is C.C.C=C(C)C(=O)OCCN1CCCC1=O.CCC(C)(C)C(=O)OCCN1CCCC1=O.[2H]C([B])P. The molecule has 2 amide bonds. The van der Waals surface area contributed by atoms with Crippen molar-refractivity contribution in [2.45, 2.75) is 74.7 Å². The van der Waals surface area contributed by atoms with E-state index in [1.807, 2.05) is 20.8 Å². The fourth-order valence-electron chi connectivity index (χ4n) is 2.84. The van der Waals surface area contributed by atoms with Crippen LogP contribution in [-0.4, -0.2) is 86.8 Å². The molecular weight excluding hydrogens is 466 g/mol. The van der Waals surface area contributed by atoms with Gasteiger partial charge in [-0.25, -0.2) is 4.79 Å². The van der Waals surface area contributed by atoms with E-state index in [0.29, 0.717) is 38.1 Å². The molecule has 202 valence electrons. The second kappa shape index (κ2) is 20.3. The molecule has 2 aliphatic heterocycles. The highest BCUT2D eigenvalue weighted by atomic mass is 31.0. The molecule has 0 saturated carbocycles. The molecule has 2 atom stereocenters. The van der Waals surface area contributed by atoms with Crippen LogP contribution in [0.25, 0.3) is 0 Å². The number of carbonyl (C=O) groups is 4. The average Bonchev–Trinajstić information content (AvgIpc) is 3.35. The average molecular weight is 515 g/mol. The van der Waals surface area contributed by atoms with Crippen LogP contribution in [0.4, 0.5) is 0 Å². The fourth-order valence-corrected chi connectivity index (χ4v) is 2.84. The second-order valence-corrected chi connectivity index (χ2v) is 8.84. The Morgan fingerprint density at radius 1 is 1.06 bits per heavy atom. The first-order chi connectivity index (χ1) is 15.8. The Morgan fingerprint density at radius 3 is 1.77 bits per heavy atom. The zero-order chi connectivity index (χ0) is 26.3. The maximum absolute atomic E-state index is 11.6. The lowest BCUT2D eigenvalue weighted by molar-refractivity contribution is -0.155. The highest BCUT2D eigenvalue weighted by Crippen LogP contribution is 2.21. The minimum atomic E-state index is -0.500. The molecule has 0 aromatic heterocycles. The molecular formula is C25H48BN2O6P. The van der Waals surface area contributed by atoms with Crippen LogP contribution < -0.4 is 0 Å². The van der Waals surface area contributed by atoms with Gasteiger partial charge in [0.05, 0.1) is 26.4 Å². The number of esters is 2. The molecule has 8 nitrogen and oxygen atoms in total. The number of carbonyl (C=O) groups excluding carboxylic acids is 4. The van der Waals surface area contributed by atoms with E-state index in [1.54, 1.807) is 16.7 Å². The van der Waals surface area contributed by atoms with Gasteiger partial charge in [0.2, 0.25) is 11.8 Å². The molecule has 0 bridgehead atoms. The van der Waals surface area contributed by atoms with E-state index >= 15 is 0 Å². The number of hydrogen-bond acceptors (Lipinski definition) is 6. The maximum atomic E-state index is 11.6. The Morgan fingerprint density at radius 2 is 1.46 bits per heavy atom. The molecule has 10 heteroatoms. The predicted molar refractivity (Wildman–Crippen MR) is 146 cm³/mol. The normalized spacial score (nSPS) is 15.7. The third kappa shape index (κ3) is 15.7. The zero-order valence-electron chi connectivity index (χ0n) is 21.6. The van der Waals surface area contributed by atoms with Gasteiger partial charge in [-0.1, -0.05) is 34.4 Å². The Bertz CT molecular complexity index is 703. The molecule has 0 aromatic carbocycles. The van der Waals surface area contributed by atoms with Gasteiger partial charge in [-0.05, 0) is 40.0 Å². The summed E-state index contributed by atoms with van der Waals surface area (Å²) >= 11 is 0. The molecule has 2 fully saturated rings. The summed E-state index contributed by atoms with van der Waals surface area (Å²) in [5.41, 5.74) is -0.0348. The summed E-state index contributed by atoms with van der Waals surface area (Å²) in [4.78, 5) is 48.5. The van der Waals surface area contributed by atoms with Gasteiger partial charge in [0.25, 0.3) is 0 Å². The summed E-state index contributed by atoms with van der Waals surface area (Å²) in [6.45, 7) is 14.0. The fraction of sp³-hybridized carbons (Fsp3) is 0.760. The molecule has 2 rings (SSSR count). The molecule has 2 saturated heterocycles.